The van der Waals surface area contributed by atoms with E-state index in [2.05, 4.69) is 10.3 Å². The SMILES string of the molecule is CCSc1cc(C(F)(F)F)cnc1C(=O)Nc1cc(SC(F)(F)F)ccc1N. The average Bonchev–Trinajstić information content (AvgIpc) is 2.56. The molecule has 0 aliphatic carbocycles. The molecular weight excluding hydrogens is 428 g/mol. The van der Waals surface area contributed by atoms with Crippen molar-refractivity contribution in [3.8, 4) is 0 Å². The molecule has 0 aliphatic rings. The van der Waals surface area contributed by atoms with Crippen molar-refractivity contribution >= 4 is 40.8 Å². The van der Waals surface area contributed by atoms with Crippen LogP contribution in [0.2, 0.25) is 0 Å². The topological polar surface area (TPSA) is 68.0 Å². The molecule has 3 N–H and O–H groups in total. The van der Waals surface area contributed by atoms with Crippen LogP contribution in [0, 0.1) is 0 Å². The van der Waals surface area contributed by atoms with E-state index in [0.717, 1.165) is 30.0 Å². The number of nitrogens with zero attached hydrogens (tertiary/aromatic N) is 1. The first-order valence-electron chi connectivity index (χ1n) is 7.57. The van der Waals surface area contributed by atoms with Crippen molar-refractivity contribution in [2.24, 2.45) is 0 Å². The second kappa shape index (κ2) is 8.52. The third-order valence-electron chi connectivity index (χ3n) is 3.20. The molecule has 12 heteroatoms. The highest BCUT2D eigenvalue weighted by atomic mass is 32.2. The second-order valence-corrected chi connectivity index (χ2v) is 7.70. The third-order valence-corrected chi connectivity index (χ3v) is 4.83. The van der Waals surface area contributed by atoms with Crippen molar-refractivity contribution in [3.05, 3.63) is 41.7 Å². The summed E-state index contributed by atoms with van der Waals surface area (Å²) in [7, 11) is 0. The first kappa shape index (κ1) is 22.2. The second-order valence-electron chi connectivity index (χ2n) is 5.25. The Labute approximate surface area is 164 Å². The Kier molecular flexibility index (Phi) is 6.75. The number of aromatic nitrogens is 1. The lowest BCUT2D eigenvalue weighted by molar-refractivity contribution is -0.138. The third kappa shape index (κ3) is 5.96. The summed E-state index contributed by atoms with van der Waals surface area (Å²) in [5, 5.41) is 2.31. The molecule has 0 saturated carbocycles. The number of hydrogen-bond donors (Lipinski definition) is 2. The van der Waals surface area contributed by atoms with Crippen molar-refractivity contribution in [1.82, 2.24) is 4.98 Å². The molecule has 2 aromatic rings. The molecule has 1 aromatic carbocycles. The van der Waals surface area contributed by atoms with Gasteiger partial charge in [0.2, 0.25) is 0 Å². The van der Waals surface area contributed by atoms with Crippen molar-refractivity contribution in [2.45, 2.75) is 28.4 Å². The Hall–Kier alpha value is -2.08. The van der Waals surface area contributed by atoms with Crippen LogP contribution in [0.1, 0.15) is 23.0 Å². The summed E-state index contributed by atoms with van der Waals surface area (Å²) < 4.78 is 76.1. The number of carbonyl (C=O) groups is 1. The number of amides is 1. The fourth-order valence-corrected chi connectivity index (χ4v) is 3.44. The molecule has 0 bridgehead atoms. The van der Waals surface area contributed by atoms with Crippen LogP contribution in [0.5, 0.6) is 0 Å². The lowest BCUT2D eigenvalue weighted by Gasteiger charge is -2.14. The number of nitrogens with two attached hydrogens (primary N) is 1. The minimum atomic E-state index is -4.63. The maximum atomic E-state index is 12.9. The van der Waals surface area contributed by atoms with Crippen LogP contribution in [0.3, 0.4) is 0 Å². The number of carbonyl (C=O) groups excluding carboxylic acids is 1. The van der Waals surface area contributed by atoms with E-state index in [0.29, 0.717) is 11.9 Å². The standard InChI is InChI=1S/C16H13F6N3OS2/c1-2-27-12-5-8(15(17,18)19)7-24-13(12)14(26)25-11-6-9(3-4-10(11)23)28-16(20,21)22/h3-7H,2,23H2,1H3,(H,25,26). The molecule has 4 nitrogen and oxygen atoms in total. The van der Waals surface area contributed by atoms with Crippen LogP contribution >= 0.6 is 23.5 Å². The molecule has 0 atom stereocenters. The number of nitrogens with one attached hydrogen (secondary N) is 1. The largest absolute Gasteiger partial charge is 0.446 e. The van der Waals surface area contributed by atoms with Crippen molar-refractivity contribution < 1.29 is 31.1 Å². The fraction of sp³-hybridized carbons (Fsp3) is 0.250. The normalized spacial score (nSPS) is 12.1. The van der Waals surface area contributed by atoms with E-state index in [9.17, 15) is 31.1 Å². The van der Waals surface area contributed by atoms with Crippen LogP contribution in [0.25, 0.3) is 0 Å². The van der Waals surface area contributed by atoms with Gasteiger partial charge in [-0.05, 0) is 41.8 Å². The van der Waals surface area contributed by atoms with Gasteiger partial charge in [-0.15, -0.1) is 11.8 Å². The highest BCUT2D eigenvalue weighted by molar-refractivity contribution is 8.00. The number of hydrogen-bond acceptors (Lipinski definition) is 5. The lowest BCUT2D eigenvalue weighted by atomic mass is 10.2. The molecule has 1 heterocycles. The zero-order chi connectivity index (χ0) is 21.1. The van der Waals surface area contributed by atoms with Crippen molar-refractivity contribution in [1.29, 1.82) is 0 Å². The molecule has 28 heavy (non-hydrogen) atoms. The van der Waals surface area contributed by atoms with Crippen LogP contribution in [-0.2, 0) is 6.18 Å². The van der Waals surface area contributed by atoms with E-state index in [4.69, 9.17) is 5.73 Å². The van der Waals surface area contributed by atoms with E-state index < -0.39 is 23.2 Å². The number of anilines is 2. The number of benzene rings is 1. The van der Waals surface area contributed by atoms with Gasteiger partial charge in [-0.1, -0.05) is 6.92 Å². The Bertz CT molecular complexity index is 870. The number of nitrogen functional groups attached to an aromatic ring is 1. The van der Waals surface area contributed by atoms with E-state index >= 15 is 0 Å². The number of pyridine rings is 1. The van der Waals surface area contributed by atoms with Gasteiger partial charge in [0.25, 0.3) is 5.91 Å². The van der Waals surface area contributed by atoms with Crippen LogP contribution in [0.15, 0.2) is 40.3 Å². The van der Waals surface area contributed by atoms with Gasteiger partial charge in [0.05, 0.1) is 16.9 Å². The smallest absolute Gasteiger partial charge is 0.397 e. The predicted molar refractivity (Wildman–Crippen MR) is 96.4 cm³/mol. The van der Waals surface area contributed by atoms with Crippen molar-refractivity contribution in [2.75, 3.05) is 16.8 Å². The summed E-state index contributed by atoms with van der Waals surface area (Å²) in [4.78, 5) is 15.8. The molecule has 0 saturated heterocycles. The summed E-state index contributed by atoms with van der Waals surface area (Å²) in [6.07, 6.45) is -4.10. The zero-order valence-electron chi connectivity index (χ0n) is 14.1. The molecule has 2 rings (SSSR count). The molecule has 152 valence electrons. The first-order valence-corrected chi connectivity index (χ1v) is 9.37. The fourth-order valence-electron chi connectivity index (χ4n) is 2.06. The van der Waals surface area contributed by atoms with Crippen LogP contribution < -0.4 is 11.1 Å². The molecule has 0 radical (unpaired) electrons. The lowest BCUT2D eigenvalue weighted by Crippen LogP contribution is -2.17. The van der Waals surface area contributed by atoms with Crippen LogP contribution in [-0.4, -0.2) is 22.2 Å². The number of alkyl halides is 6. The molecule has 0 unspecified atom stereocenters. The van der Waals surface area contributed by atoms with Gasteiger partial charge in [-0.3, -0.25) is 4.79 Å². The summed E-state index contributed by atoms with van der Waals surface area (Å²) in [5.41, 5.74) is -0.254. The predicted octanol–water partition coefficient (Wildman–Crippen LogP) is 5.66. The monoisotopic (exact) mass is 441 g/mol. The molecule has 1 amide bonds. The van der Waals surface area contributed by atoms with Gasteiger partial charge >= 0.3 is 11.7 Å². The average molecular weight is 441 g/mol. The minimum absolute atomic E-state index is 0.00326. The van der Waals surface area contributed by atoms with E-state index in [1.165, 1.54) is 6.07 Å². The molecule has 1 aromatic heterocycles. The highest BCUT2D eigenvalue weighted by Gasteiger charge is 2.32. The van der Waals surface area contributed by atoms with E-state index in [-0.39, 0.29) is 38.6 Å². The van der Waals surface area contributed by atoms with Crippen LogP contribution in [0.4, 0.5) is 37.7 Å². The number of rotatable bonds is 5. The maximum Gasteiger partial charge on any atom is 0.446 e. The van der Waals surface area contributed by atoms with Gasteiger partial charge in [0.15, 0.2) is 0 Å². The molecule has 0 spiro atoms. The Balaban J connectivity index is 2.33. The number of thioether (sulfide) groups is 2. The molecule has 0 aliphatic heterocycles. The van der Waals surface area contributed by atoms with Gasteiger partial charge in [-0.25, -0.2) is 4.98 Å². The van der Waals surface area contributed by atoms with E-state index in [1.807, 2.05) is 0 Å². The van der Waals surface area contributed by atoms with Gasteiger partial charge in [0.1, 0.15) is 5.69 Å². The number of halogens is 6. The zero-order valence-corrected chi connectivity index (χ0v) is 15.7. The van der Waals surface area contributed by atoms with Crippen molar-refractivity contribution in [3.63, 3.8) is 0 Å². The Morgan fingerprint density at radius 1 is 1.18 bits per heavy atom. The maximum absolute atomic E-state index is 12.9. The summed E-state index contributed by atoms with van der Waals surface area (Å²) in [6, 6.07) is 4.15. The van der Waals surface area contributed by atoms with Gasteiger partial charge in [0, 0.05) is 16.0 Å². The Morgan fingerprint density at radius 3 is 2.43 bits per heavy atom. The van der Waals surface area contributed by atoms with Gasteiger partial charge in [-0.2, -0.15) is 26.3 Å². The minimum Gasteiger partial charge on any atom is -0.397 e. The highest BCUT2D eigenvalue weighted by Crippen LogP contribution is 2.39. The van der Waals surface area contributed by atoms with Gasteiger partial charge < -0.3 is 11.1 Å². The molecular formula is C16H13F6N3OS2. The van der Waals surface area contributed by atoms with E-state index in [1.54, 1.807) is 6.92 Å². The summed E-state index contributed by atoms with van der Waals surface area (Å²) >= 11 is 0.590. The summed E-state index contributed by atoms with van der Waals surface area (Å²) in [5.74, 6) is -0.506. The quantitative estimate of drug-likeness (QED) is 0.356. The Morgan fingerprint density at radius 2 is 1.86 bits per heavy atom. The first-order chi connectivity index (χ1) is 12.9. The molecule has 0 fully saturated rings. The summed E-state index contributed by atoms with van der Waals surface area (Å²) in [6.45, 7) is 1.68.